The highest BCUT2D eigenvalue weighted by molar-refractivity contribution is 8.07. The number of anilines is 1. The van der Waals surface area contributed by atoms with Crippen molar-refractivity contribution in [2.45, 2.75) is 18.7 Å². The summed E-state index contributed by atoms with van der Waals surface area (Å²) in [5.41, 5.74) is 4.60. The molecule has 0 radical (unpaired) electrons. The van der Waals surface area contributed by atoms with E-state index < -0.39 is 25.6 Å². The molecule has 0 bridgehead atoms. The lowest BCUT2D eigenvalue weighted by molar-refractivity contribution is 0.573. The van der Waals surface area contributed by atoms with Gasteiger partial charge < -0.3 is 0 Å². The minimum Gasteiger partial charge on any atom is -0.277 e. The summed E-state index contributed by atoms with van der Waals surface area (Å²) >= 11 is 0. The normalized spacial score (nSPS) is 11.8. The molecule has 0 amide bonds. The van der Waals surface area contributed by atoms with Crippen LogP contribution in [0.5, 0.6) is 0 Å². The molecule has 0 saturated carbocycles. The molecule has 0 saturated heterocycles. The SMILES string of the molecule is Cc1ccc(NN=C(C#N)S(=O)(=O)c2cc(C)ccc2F)cc1. The first-order chi connectivity index (χ1) is 10.8. The molecule has 2 rings (SSSR count). The maximum atomic E-state index is 13.8. The van der Waals surface area contributed by atoms with E-state index in [0.717, 1.165) is 11.6 Å². The van der Waals surface area contributed by atoms with Crippen LogP contribution in [0.15, 0.2) is 52.5 Å². The Hall–Kier alpha value is -2.72. The fraction of sp³-hybridized carbons (Fsp3) is 0.125. The van der Waals surface area contributed by atoms with E-state index in [9.17, 15) is 12.8 Å². The summed E-state index contributed by atoms with van der Waals surface area (Å²) < 4.78 is 38.6. The minimum absolute atomic E-state index is 0.517. The number of nitrogens with one attached hydrogen (secondary N) is 1. The standard InChI is InChI=1S/C16H14FN3O2S/c1-11-3-6-13(7-4-11)19-20-16(10-18)23(21,22)15-9-12(2)5-8-14(15)17/h3-9,19H,1-2H3. The fourth-order valence-corrected chi connectivity index (χ4v) is 2.97. The molecule has 23 heavy (non-hydrogen) atoms. The Bertz CT molecular complexity index is 898. The maximum absolute atomic E-state index is 13.8. The van der Waals surface area contributed by atoms with Gasteiger partial charge in [0.25, 0.3) is 5.04 Å². The van der Waals surface area contributed by atoms with Gasteiger partial charge in [-0.25, -0.2) is 12.8 Å². The smallest absolute Gasteiger partial charge is 0.256 e. The number of benzene rings is 2. The predicted octanol–water partition coefficient (Wildman–Crippen LogP) is 3.17. The molecule has 0 fully saturated rings. The average molecular weight is 331 g/mol. The number of nitriles is 1. The van der Waals surface area contributed by atoms with E-state index in [1.807, 2.05) is 6.92 Å². The quantitative estimate of drug-likeness (QED) is 0.532. The van der Waals surface area contributed by atoms with Crippen molar-refractivity contribution in [1.82, 2.24) is 0 Å². The van der Waals surface area contributed by atoms with Crippen LogP contribution in [0.1, 0.15) is 11.1 Å². The Morgan fingerprint density at radius 3 is 2.35 bits per heavy atom. The minimum atomic E-state index is -4.33. The summed E-state index contributed by atoms with van der Waals surface area (Å²) in [5.74, 6) is -0.922. The molecule has 0 unspecified atom stereocenters. The van der Waals surface area contributed by atoms with Crippen LogP contribution in [0.25, 0.3) is 0 Å². The molecule has 0 spiro atoms. The van der Waals surface area contributed by atoms with Crippen molar-refractivity contribution in [2.75, 3.05) is 5.43 Å². The molecular formula is C16H14FN3O2S. The monoisotopic (exact) mass is 331 g/mol. The third-order valence-corrected chi connectivity index (χ3v) is 4.65. The summed E-state index contributed by atoms with van der Waals surface area (Å²) in [4.78, 5) is -0.566. The number of hydrogen-bond donors (Lipinski definition) is 1. The topological polar surface area (TPSA) is 82.3 Å². The second kappa shape index (κ2) is 6.58. The van der Waals surface area contributed by atoms with Crippen molar-refractivity contribution in [1.29, 1.82) is 5.26 Å². The first kappa shape index (κ1) is 16.6. The number of aryl methyl sites for hydroxylation is 2. The number of rotatable bonds is 3. The van der Waals surface area contributed by atoms with Crippen LogP contribution in [-0.4, -0.2) is 13.5 Å². The molecule has 0 aliphatic carbocycles. The van der Waals surface area contributed by atoms with E-state index in [2.05, 4.69) is 10.5 Å². The van der Waals surface area contributed by atoms with Gasteiger partial charge in [0, 0.05) is 0 Å². The van der Waals surface area contributed by atoms with Crippen LogP contribution in [-0.2, 0) is 9.84 Å². The van der Waals surface area contributed by atoms with Crippen molar-refractivity contribution in [3.05, 3.63) is 59.4 Å². The molecule has 2 aromatic rings. The first-order valence-corrected chi connectivity index (χ1v) is 8.14. The number of halogens is 1. The Balaban J connectivity index is 2.39. The Morgan fingerprint density at radius 2 is 1.74 bits per heavy atom. The summed E-state index contributed by atoms with van der Waals surface area (Å²) in [7, 11) is -4.33. The van der Waals surface area contributed by atoms with Gasteiger partial charge in [0.1, 0.15) is 16.8 Å². The lowest BCUT2D eigenvalue weighted by Crippen LogP contribution is -2.16. The molecule has 5 nitrogen and oxygen atoms in total. The zero-order valence-corrected chi connectivity index (χ0v) is 13.4. The van der Waals surface area contributed by atoms with E-state index in [0.29, 0.717) is 11.3 Å². The number of hydrogen-bond acceptors (Lipinski definition) is 5. The molecular weight excluding hydrogens is 317 g/mol. The van der Waals surface area contributed by atoms with Gasteiger partial charge in [0.2, 0.25) is 9.84 Å². The van der Waals surface area contributed by atoms with Crippen LogP contribution in [0.2, 0.25) is 0 Å². The Kier molecular flexibility index (Phi) is 4.77. The molecule has 0 atom stereocenters. The van der Waals surface area contributed by atoms with E-state index >= 15 is 0 Å². The summed E-state index contributed by atoms with van der Waals surface area (Å²) in [5, 5.41) is 11.9. The molecule has 1 N–H and O–H groups in total. The lowest BCUT2D eigenvalue weighted by Gasteiger charge is -2.06. The fourth-order valence-electron chi connectivity index (χ4n) is 1.81. The van der Waals surface area contributed by atoms with Crippen LogP contribution in [0, 0.1) is 31.0 Å². The zero-order valence-electron chi connectivity index (χ0n) is 12.5. The highest BCUT2D eigenvalue weighted by atomic mass is 32.2. The van der Waals surface area contributed by atoms with Crippen molar-refractivity contribution in [3.8, 4) is 6.07 Å². The Labute approximate surface area is 134 Å². The molecule has 0 aliphatic rings. The summed E-state index contributed by atoms with van der Waals surface area (Å²) in [6.45, 7) is 3.53. The Morgan fingerprint density at radius 1 is 1.13 bits per heavy atom. The van der Waals surface area contributed by atoms with Gasteiger partial charge >= 0.3 is 0 Å². The summed E-state index contributed by atoms with van der Waals surface area (Å²) in [6.07, 6.45) is 0. The van der Waals surface area contributed by atoms with Crippen molar-refractivity contribution in [3.63, 3.8) is 0 Å². The average Bonchev–Trinajstić information content (AvgIpc) is 2.51. The van der Waals surface area contributed by atoms with Gasteiger partial charge in [0.05, 0.1) is 5.69 Å². The van der Waals surface area contributed by atoms with Gasteiger partial charge in [-0.2, -0.15) is 10.4 Å². The van der Waals surface area contributed by atoms with E-state index in [4.69, 9.17) is 5.26 Å². The van der Waals surface area contributed by atoms with Crippen LogP contribution < -0.4 is 5.43 Å². The van der Waals surface area contributed by atoms with Gasteiger partial charge in [-0.3, -0.25) is 5.43 Å². The number of hydrazone groups is 1. The molecule has 2 aromatic carbocycles. The maximum Gasteiger partial charge on any atom is 0.256 e. The lowest BCUT2D eigenvalue weighted by atomic mass is 10.2. The highest BCUT2D eigenvalue weighted by Crippen LogP contribution is 2.19. The van der Waals surface area contributed by atoms with Gasteiger partial charge in [-0.1, -0.05) is 23.8 Å². The third kappa shape index (κ3) is 3.73. The first-order valence-electron chi connectivity index (χ1n) is 6.66. The molecule has 0 heterocycles. The molecule has 118 valence electrons. The van der Waals surface area contributed by atoms with E-state index in [1.54, 1.807) is 31.2 Å². The van der Waals surface area contributed by atoms with E-state index in [1.165, 1.54) is 18.2 Å². The van der Waals surface area contributed by atoms with Crippen LogP contribution in [0.4, 0.5) is 10.1 Å². The number of nitrogens with zero attached hydrogens (tertiary/aromatic N) is 2. The van der Waals surface area contributed by atoms with Crippen molar-refractivity contribution < 1.29 is 12.8 Å². The summed E-state index contributed by atoms with van der Waals surface area (Å²) in [6, 6.07) is 12.1. The predicted molar refractivity (Wildman–Crippen MR) is 86.2 cm³/mol. The largest absolute Gasteiger partial charge is 0.277 e. The number of sulfone groups is 1. The second-order valence-electron chi connectivity index (χ2n) is 4.94. The van der Waals surface area contributed by atoms with Crippen molar-refractivity contribution >= 4 is 20.6 Å². The van der Waals surface area contributed by atoms with Crippen LogP contribution in [0.3, 0.4) is 0 Å². The van der Waals surface area contributed by atoms with Crippen LogP contribution >= 0.6 is 0 Å². The zero-order chi connectivity index (χ0) is 17.0. The van der Waals surface area contributed by atoms with Crippen molar-refractivity contribution in [2.24, 2.45) is 5.10 Å². The van der Waals surface area contributed by atoms with Gasteiger partial charge in [0.15, 0.2) is 0 Å². The third-order valence-electron chi connectivity index (χ3n) is 3.06. The molecule has 7 heteroatoms. The van der Waals surface area contributed by atoms with E-state index in [-0.39, 0.29) is 0 Å². The van der Waals surface area contributed by atoms with Gasteiger partial charge in [-0.15, -0.1) is 0 Å². The molecule has 0 aromatic heterocycles. The molecule has 0 aliphatic heterocycles. The highest BCUT2D eigenvalue weighted by Gasteiger charge is 2.26. The second-order valence-corrected chi connectivity index (χ2v) is 6.78. The van der Waals surface area contributed by atoms with Gasteiger partial charge in [-0.05, 0) is 43.7 Å².